The highest BCUT2D eigenvalue weighted by atomic mass is 16.7. The summed E-state index contributed by atoms with van der Waals surface area (Å²) in [5.74, 6) is 0.148. The van der Waals surface area contributed by atoms with Gasteiger partial charge in [0.1, 0.15) is 5.76 Å². The summed E-state index contributed by atoms with van der Waals surface area (Å²) in [6.07, 6.45) is 2.67. The quantitative estimate of drug-likeness (QED) is 0.559. The molecule has 7 heteroatoms. The van der Waals surface area contributed by atoms with Crippen molar-refractivity contribution >= 4 is 22.9 Å². The van der Waals surface area contributed by atoms with Gasteiger partial charge in [0, 0.05) is 16.5 Å². The van der Waals surface area contributed by atoms with E-state index in [0.29, 0.717) is 11.3 Å². The van der Waals surface area contributed by atoms with Crippen LogP contribution in [0.25, 0.3) is 22.0 Å². The van der Waals surface area contributed by atoms with Crippen LogP contribution in [0.15, 0.2) is 77.5 Å². The zero-order valence-corrected chi connectivity index (χ0v) is 14.8. The molecule has 28 heavy (non-hydrogen) atoms. The van der Waals surface area contributed by atoms with E-state index in [2.05, 4.69) is 5.32 Å². The third kappa shape index (κ3) is 3.45. The summed E-state index contributed by atoms with van der Waals surface area (Å²) in [6, 6.07) is 18.0. The first-order valence-electron chi connectivity index (χ1n) is 8.61. The molecule has 2 aromatic heterocycles. The number of furan rings is 1. The van der Waals surface area contributed by atoms with E-state index < -0.39 is 12.0 Å². The Morgan fingerprint density at radius 2 is 1.82 bits per heavy atom. The van der Waals surface area contributed by atoms with Crippen molar-refractivity contribution in [2.24, 2.45) is 5.73 Å². The maximum atomic E-state index is 12.2. The van der Waals surface area contributed by atoms with Gasteiger partial charge in [0.05, 0.1) is 24.5 Å². The molecular formula is C21H17N3O4. The predicted octanol–water partition coefficient (Wildman–Crippen LogP) is 3.34. The van der Waals surface area contributed by atoms with Gasteiger partial charge in [-0.15, -0.1) is 0 Å². The number of hydrogen-bond acceptors (Lipinski definition) is 4. The lowest BCUT2D eigenvalue weighted by atomic mass is 10.0. The molecule has 0 spiro atoms. The van der Waals surface area contributed by atoms with E-state index in [1.807, 2.05) is 36.4 Å². The number of para-hydroxylation sites is 1. The smallest absolute Gasteiger partial charge is 0.432 e. The van der Waals surface area contributed by atoms with Crippen LogP contribution in [0, 0.1) is 0 Å². The highest BCUT2D eigenvalue weighted by Crippen LogP contribution is 2.30. The number of nitrogens with two attached hydrogens (primary N) is 1. The molecule has 140 valence electrons. The van der Waals surface area contributed by atoms with E-state index >= 15 is 0 Å². The topological polar surface area (TPSA) is 99.5 Å². The molecule has 0 saturated carbocycles. The number of fused-ring (bicyclic) bond motifs is 1. The molecule has 4 rings (SSSR count). The van der Waals surface area contributed by atoms with Crippen molar-refractivity contribution in [3.8, 4) is 11.1 Å². The molecule has 2 heterocycles. The van der Waals surface area contributed by atoms with Crippen LogP contribution >= 0.6 is 0 Å². The number of nitrogens with one attached hydrogen (secondary N) is 1. The highest BCUT2D eigenvalue weighted by Gasteiger charge is 2.14. The van der Waals surface area contributed by atoms with E-state index in [-0.39, 0.29) is 6.54 Å². The molecular weight excluding hydrogens is 358 g/mol. The number of nitrogens with zero attached hydrogens (tertiary/aromatic N) is 1. The standard InChI is InChI=1S/C21H17N3O4/c22-20(25)15-9-7-14(8-10-15)18-13-24(19-6-2-1-5-17(18)19)28-21(26)23-12-16-4-3-11-27-16/h1-11,13H,12H2,(H2,22,25)(H,23,26). The Kier molecular flexibility index (Phi) is 4.55. The molecule has 0 radical (unpaired) electrons. The molecule has 2 aromatic carbocycles. The summed E-state index contributed by atoms with van der Waals surface area (Å²) in [5, 5.41) is 3.55. The molecule has 0 saturated heterocycles. The monoisotopic (exact) mass is 375 g/mol. The van der Waals surface area contributed by atoms with Gasteiger partial charge in [-0.3, -0.25) is 4.79 Å². The predicted molar refractivity (Wildman–Crippen MR) is 103 cm³/mol. The number of primary amides is 1. The van der Waals surface area contributed by atoms with Crippen LogP contribution in [0.4, 0.5) is 4.79 Å². The van der Waals surface area contributed by atoms with E-state index in [9.17, 15) is 9.59 Å². The van der Waals surface area contributed by atoms with E-state index in [4.69, 9.17) is 15.0 Å². The fourth-order valence-electron chi connectivity index (χ4n) is 2.96. The maximum absolute atomic E-state index is 12.2. The fourth-order valence-corrected chi connectivity index (χ4v) is 2.96. The Balaban J connectivity index is 1.61. The van der Waals surface area contributed by atoms with Gasteiger partial charge in [-0.2, -0.15) is 4.73 Å². The maximum Gasteiger partial charge on any atom is 0.432 e. The van der Waals surface area contributed by atoms with Crippen LogP contribution in [-0.2, 0) is 6.54 Å². The molecule has 0 atom stereocenters. The van der Waals surface area contributed by atoms with Crippen molar-refractivity contribution in [2.45, 2.75) is 6.54 Å². The van der Waals surface area contributed by atoms with Crippen molar-refractivity contribution in [1.29, 1.82) is 0 Å². The minimum Gasteiger partial charge on any atom is -0.467 e. The molecule has 0 bridgehead atoms. The second kappa shape index (κ2) is 7.32. The lowest BCUT2D eigenvalue weighted by Gasteiger charge is -2.06. The second-order valence-corrected chi connectivity index (χ2v) is 6.14. The van der Waals surface area contributed by atoms with Gasteiger partial charge in [0.15, 0.2) is 0 Å². The normalized spacial score (nSPS) is 10.7. The molecule has 0 unspecified atom stereocenters. The molecule has 3 N–H and O–H groups in total. The SMILES string of the molecule is NC(=O)c1ccc(-c2cn(OC(=O)NCc3ccco3)c3ccccc23)cc1. The van der Waals surface area contributed by atoms with E-state index in [1.165, 1.54) is 11.0 Å². The van der Waals surface area contributed by atoms with Crippen molar-refractivity contribution in [1.82, 2.24) is 10.0 Å². The average molecular weight is 375 g/mol. The Morgan fingerprint density at radius 1 is 1.04 bits per heavy atom. The minimum absolute atomic E-state index is 0.229. The van der Waals surface area contributed by atoms with Crippen LogP contribution in [0.3, 0.4) is 0 Å². The number of carbonyl (C=O) groups excluding carboxylic acids is 2. The van der Waals surface area contributed by atoms with Crippen molar-refractivity contribution < 1.29 is 18.8 Å². The largest absolute Gasteiger partial charge is 0.467 e. The Morgan fingerprint density at radius 3 is 2.54 bits per heavy atom. The highest BCUT2D eigenvalue weighted by molar-refractivity contribution is 5.97. The number of hydrogen-bond donors (Lipinski definition) is 2. The van der Waals surface area contributed by atoms with Crippen LogP contribution in [0.2, 0.25) is 0 Å². The first-order valence-corrected chi connectivity index (χ1v) is 8.61. The zero-order valence-electron chi connectivity index (χ0n) is 14.8. The molecule has 0 aliphatic carbocycles. The number of benzene rings is 2. The van der Waals surface area contributed by atoms with Gasteiger partial charge in [-0.05, 0) is 35.9 Å². The number of rotatable bonds is 5. The molecule has 0 aliphatic rings. The third-order valence-corrected chi connectivity index (χ3v) is 4.33. The van der Waals surface area contributed by atoms with Gasteiger partial charge < -0.3 is 20.3 Å². The van der Waals surface area contributed by atoms with E-state index in [0.717, 1.165) is 22.0 Å². The van der Waals surface area contributed by atoms with Crippen LogP contribution in [0.5, 0.6) is 0 Å². The molecule has 0 fully saturated rings. The number of aromatic nitrogens is 1. The minimum atomic E-state index is -0.604. The summed E-state index contributed by atoms with van der Waals surface area (Å²) in [7, 11) is 0. The summed E-state index contributed by atoms with van der Waals surface area (Å²) in [5.41, 5.74) is 8.21. The van der Waals surface area contributed by atoms with Crippen molar-refractivity contribution in [3.05, 3.63) is 84.4 Å². The van der Waals surface area contributed by atoms with Gasteiger partial charge in [-0.1, -0.05) is 30.3 Å². The summed E-state index contributed by atoms with van der Waals surface area (Å²) < 4.78 is 6.60. The lowest BCUT2D eigenvalue weighted by Crippen LogP contribution is -2.31. The van der Waals surface area contributed by atoms with Crippen molar-refractivity contribution in [3.63, 3.8) is 0 Å². The van der Waals surface area contributed by atoms with Crippen LogP contribution < -0.4 is 15.9 Å². The molecule has 4 aromatic rings. The Labute approximate surface area is 160 Å². The Bertz CT molecular complexity index is 1130. The van der Waals surface area contributed by atoms with Crippen LogP contribution in [-0.4, -0.2) is 16.7 Å². The third-order valence-electron chi connectivity index (χ3n) is 4.33. The van der Waals surface area contributed by atoms with Crippen LogP contribution in [0.1, 0.15) is 16.1 Å². The van der Waals surface area contributed by atoms with Gasteiger partial charge in [0.2, 0.25) is 5.91 Å². The van der Waals surface area contributed by atoms with Gasteiger partial charge in [0.25, 0.3) is 0 Å². The lowest BCUT2D eigenvalue weighted by molar-refractivity contribution is 0.1000. The molecule has 7 nitrogen and oxygen atoms in total. The molecule has 0 aliphatic heterocycles. The number of carbonyl (C=O) groups is 2. The zero-order chi connectivity index (χ0) is 19.5. The van der Waals surface area contributed by atoms with Gasteiger partial charge >= 0.3 is 6.09 Å². The second-order valence-electron chi connectivity index (χ2n) is 6.14. The molecule has 2 amide bonds. The summed E-state index contributed by atoms with van der Waals surface area (Å²) >= 11 is 0. The Hall–Kier alpha value is -4.00. The average Bonchev–Trinajstić information content (AvgIpc) is 3.35. The summed E-state index contributed by atoms with van der Waals surface area (Å²) in [4.78, 5) is 28.9. The first-order chi connectivity index (χ1) is 13.6. The van der Waals surface area contributed by atoms with E-state index in [1.54, 1.807) is 30.5 Å². The number of amides is 2. The first kappa shape index (κ1) is 17.4. The van der Waals surface area contributed by atoms with Gasteiger partial charge in [-0.25, -0.2) is 4.79 Å². The van der Waals surface area contributed by atoms with Crippen molar-refractivity contribution in [2.75, 3.05) is 0 Å². The summed E-state index contributed by atoms with van der Waals surface area (Å²) in [6.45, 7) is 0.229. The fraction of sp³-hybridized carbons (Fsp3) is 0.0476.